The van der Waals surface area contributed by atoms with Crippen LogP contribution in [-0.4, -0.2) is 29.1 Å². The Balaban J connectivity index is 1.10. The predicted octanol–water partition coefficient (Wildman–Crippen LogP) is 13.8. The third-order valence-corrected chi connectivity index (χ3v) is 11.8. The van der Waals surface area contributed by atoms with Gasteiger partial charge >= 0.3 is 0 Å². The summed E-state index contributed by atoms with van der Waals surface area (Å²) in [4.78, 5) is 20.9. The molecular formula is C56H36N6. The SMILES string of the molecule is c1ccc(-c2cccc(-c3nc(-c4ccccc4)nc(-n4c5ccccc5c5c6c7ccccc7n(-c7ccccc7-c7cccc(-c8ccccc8)n7)c6ccc54)n3)c2)cc1. The highest BCUT2D eigenvalue weighted by Gasteiger charge is 2.23. The zero-order chi connectivity index (χ0) is 41.0. The number of aromatic nitrogens is 6. The molecule has 4 heterocycles. The summed E-state index contributed by atoms with van der Waals surface area (Å²) >= 11 is 0. The zero-order valence-corrected chi connectivity index (χ0v) is 33.5. The normalized spacial score (nSPS) is 11.5. The Morgan fingerprint density at radius 1 is 0.290 bits per heavy atom. The van der Waals surface area contributed by atoms with E-state index in [4.69, 9.17) is 19.9 Å². The van der Waals surface area contributed by atoms with Gasteiger partial charge in [0.2, 0.25) is 5.95 Å². The van der Waals surface area contributed by atoms with Gasteiger partial charge in [-0.3, -0.25) is 4.57 Å². The Kier molecular flexibility index (Phi) is 8.38. The van der Waals surface area contributed by atoms with Gasteiger partial charge in [-0.2, -0.15) is 9.97 Å². The summed E-state index contributed by atoms with van der Waals surface area (Å²) in [5.74, 6) is 1.78. The van der Waals surface area contributed by atoms with Gasteiger partial charge in [0, 0.05) is 43.8 Å². The molecule has 0 radical (unpaired) electrons. The lowest BCUT2D eigenvalue weighted by Crippen LogP contribution is -2.06. The smallest absolute Gasteiger partial charge is 0.238 e. The van der Waals surface area contributed by atoms with Gasteiger partial charge < -0.3 is 4.57 Å². The monoisotopic (exact) mass is 792 g/mol. The van der Waals surface area contributed by atoms with Gasteiger partial charge in [-0.15, -0.1) is 0 Å². The van der Waals surface area contributed by atoms with Gasteiger partial charge in [-0.25, -0.2) is 9.97 Å². The van der Waals surface area contributed by atoms with E-state index in [-0.39, 0.29) is 0 Å². The molecule has 0 spiro atoms. The second kappa shape index (κ2) is 14.7. The first kappa shape index (κ1) is 35.5. The van der Waals surface area contributed by atoms with Crippen molar-refractivity contribution in [3.05, 3.63) is 218 Å². The second-order valence-corrected chi connectivity index (χ2v) is 15.4. The molecule has 0 bridgehead atoms. The third kappa shape index (κ3) is 5.88. The van der Waals surface area contributed by atoms with Crippen molar-refractivity contribution in [3.8, 4) is 68.1 Å². The summed E-state index contributed by atoms with van der Waals surface area (Å²) in [6.07, 6.45) is 0. The molecule has 0 N–H and O–H groups in total. The molecule has 0 fully saturated rings. The Hall–Kier alpha value is -8.48. The molecule has 0 atom stereocenters. The predicted molar refractivity (Wildman–Crippen MR) is 253 cm³/mol. The Morgan fingerprint density at radius 2 is 0.790 bits per heavy atom. The second-order valence-electron chi connectivity index (χ2n) is 15.4. The van der Waals surface area contributed by atoms with Crippen LogP contribution in [0.1, 0.15) is 0 Å². The highest BCUT2D eigenvalue weighted by Crippen LogP contribution is 2.43. The van der Waals surface area contributed by atoms with Gasteiger partial charge in [0.05, 0.1) is 39.1 Å². The van der Waals surface area contributed by atoms with Gasteiger partial charge in [0.25, 0.3) is 0 Å². The molecule has 6 nitrogen and oxygen atoms in total. The number of pyridine rings is 1. The number of hydrogen-bond donors (Lipinski definition) is 0. The van der Waals surface area contributed by atoms with Crippen LogP contribution in [0.2, 0.25) is 0 Å². The van der Waals surface area contributed by atoms with E-state index >= 15 is 0 Å². The molecule has 0 unspecified atom stereocenters. The van der Waals surface area contributed by atoms with E-state index in [1.54, 1.807) is 0 Å². The molecule has 12 aromatic rings. The minimum absolute atomic E-state index is 0.558. The largest absolute Gasteiger partial charge is 0.309 e. The molecular weight excluding hydrogens is 757 g/mol. The number of hydrogen-bond acceptors (Lipinski definition) is 4. The van der Waals surface area contributed by atoms with E-state index in [0.29, 0.717) is 17.6 Å². The van der Waals surface area contributed by atoms with E-state index in [2.05, 4.69) is 197 Å². The van der Waals surface area contributed by atoms with Gasteiger partial charge in [-0.05, 0) is 59.7 Å². The lowest BCUT2D eigenvalue weighted by Gasteiger charge is -2.14. The minimum atomic E-state index is 0.558. The molecule has 0 aliphatic carbocycles. The van der Waals surface area contributed by atoms with Crippen molar-refractivity contribution in [2.75, 3.05) is 0 Å². The van der Waals surface area contributed by atoms with Crippen molar-refractivity contribution < 1.29 is 0 Å². The Morgan fingerprint density at radius 3 is 1.50 bits per heavy atom. The molecule has 12 rings (SSSR count). The van der Waals surface area contributed by atoms with Crippen LogP contribution in [0.3, 0.4) is 0 Å². The van der Waals surface area contributed by atoms with Crippen LogP contribution < -0.4 is 0 Å². The molecule has 6 heteroatoms. The number of para-hydroxylation sites is 3. The Labute approximate surface area is 357 Å². The fraction of sp³-hybridized carbons (Fsp3) is 0. The summed E-state index contributed by atoms with van der Waals surface area (Å²) in [6.45, 7) is 0. The van der Waals surface area contributed by atoms with Crippen molar-refractivity contribution in [2.24, 2.45) is 0 Å². The molecule has 8 aromatic carbocycles. The highest BCUT2D eigenvalue weighted by atomic mass is 15.2. The topological polar surface area (TPSA) is 61.4 Å². The van der Waals surface area contributed by atoms with E-state index < -0.39 is 0 Å². The molecule has 4 aromatic heterocycles. The average molecular weight is 793 g/mol. The molecule has 0 amide bonds. The zero-order valence-electron chi connectivity index (χ0n) is 33.5. The fourth-order valence-electron chi connectivity index (χ4n) is 9.01. The summed E-state index contributed by atoms with van der Waals surface area (Å²) < 4.78 is 4.61. The summed E-state index contributed by atoms with van der Waals surface area (Å²) in [6, 6.07) is 76.1. The Bertz CT molecular complexity index is 3630. The fourth-order valence-corrected chi connectivity index (χ4v) is 9.01. The maximum absolute atomic E-state index is 5.30. The van der Waals surface area contributed by atoms with Crippen LogP contribution >= 0.6 is 0 Å². The maximum Gasteiger partial charge on any atom is 0.238 e. The average Bonchev–Trinajstić information content (AvgIpc) is 3.88. The third-order valence-electron chi connectivity index (χ3n) is 11.8. The van der Waals surface area contributed by atoms with Crippen molar-refractivity contribution >= 4 is 43.6 Å². The molecule has 0 aliphatic rings. The molecule has 290 valence electrons. The summed E-state index contributed by atoms with van der Waals surface area (Å²) in [7, 11) is 0. The first-order valence-corrected chi connectivity index (χ1v) is 20.8. The number of fused-ring (bicyclic) bond motifs is 7. The van der Waals surface area contributed by atoms with Crippen molar-refractivity contribution in [3.63, 3.8) is 0 Å². The van der Waals surface area contributed by atoms with Crippen LogP contribution in [0, 0.1) is 0 Å². The lowest BCUT2D eigenvalue weighted by atomic mass is 10.0. The van der Waals surface area contributed by atoms with Gasteiger partial charge in [0.1, 0.15) is 0 Å². The molecule has 62 heavy (non-hydrogen) atoms. The number of nitrogens with zero attached hydrogens (tertiary/aromatic N) is 6. The van der Waals surface area contributed by atoms with Crippen LogP contribution in [0.25, 0.3) is 112 Å². The van der Waals surface area contributed by atoms with Crippen molar-refractivity contribution in [1.82, 2.24) is 29.1 Å². The lowest BCUT2D eigenvalue weighted by molar-refractivity contribution is 0.953. The van der Waals surface area contributed by atoms with Crippen LogP contribution in [0.15, 0.2) is 218 Å². The quantitative estimate of drug-likeness (QED) is 0.161. The first-order valence-electron chi connectivity index (χ1n) is 20.8. The van der Waals surface area contributed by atoms with Crippen LogP contribution in [-0.2, 0) is 0 Å². The first-order chi connectivity index (χ1) is 30.8. The molecule has 0 saturated heterocycles. The maximum atomic E-state index is 5.30. The standard InChI is InChI=1S/C56H36N6/c1-4-18-37(19-5-1)40-24-16-25-41(36-40)55-58-54(39-22-8-3-9-23-39)59-56(60-55)62-49-33-15-12-28-44(49)53-51(62)35-34-50-52(53)43-27-11-14-32-48(43)61(50)47-31-13-10-26-42(47)46-30-17-29-45(57-46)38-20-6-2-7-21-38/h1-36H. The summed E-state index contributed by atoms with van der Waals surface area (Å²) in [5.41, 5.74) is 13.4. The highest BCUT2D eigenvalue weighted by molar-refractivity contribution is 6.29. The van der Waals surface area contributed by atoms with Crippen LogP contribution in [0.4, 0.5) is 0 Å². The van der Waals surface area contributed by atoms with Crippen molar-refractivity contribution in [2.45, 2.75) is 0 Å². The van der Waals surface area contributed by atoms with E-state index in [1.165, 1.54) is 5.39 Å². The number of rotatable bonds is 7. The molecule has 0 aliphatic heterocycles. The van der Waals surface area contributed by atoms with E-state index in [0.717, 1.165) is 88.7 Å². The number of benzene rings is 8. The van der Waals surface area contributed by atoms with Gasteiger partial charge in [0.15, 0.2) is 11.6 Å². The van der Waals surface area contributed by atoms with E-state index in [9.17, 15) is 0 Å². The minimum Gasteiger partial charge on any atom is -0.309 e. The van der Waals surface area contributed by atoms with E-state index in [1.807, 2.05) is 30.3 Å². The van der Waals surface area contributed by atoms with Gasteiger partial charge in [-0.1, -0.05) is 170 Å². The van der Waals surface area contributed by atoms with Crippen LogP contribution in [0.5, 0.6) is 0 Å². The summed E-state index contributed by atoms with van der Waals surface area (Å²) in [5, 5.41) is 4.60. The molecule has 0 saturated carbocycles. The van der Waals surface area contributed by atoms with Crippen molar-refractivity contribution in [1.29, 1.82) is 0 Å².